The molecule has 2 aliphatic rings. The van der Waals surface area contributed by atoms with E-state index in [0.29, 0.717) is 57.5 Å². The van der Waals surface area contributed by atoms with Gasteiger partial charge < -0.3 is 24.5 Å². The van der Waals surface area contributed by atoms with Gasteiger partial charge in [0, 0.05) is 48.9 Å². The second kappa shape index (κ2) is 11.7. The summed E-state index contributed by atoms with van der Waals surface area (Å²) in [7, 11) is 0.113. The lowest BCUT2D eigenvalue weighted by atomic mass is 10.0. The van der Waals surface area contributed by atoms with Crippen molar-refractivity contribution in [2.75, 3.05) is 26.5 Å². The van der Waals surface area contributed by atoms with Crippen LogP contribution in [0.2, 0.25) is 0 Å². The third-order valence-corrected chi connectivity index (χ3v) is 9.83. The lowest BCUT2D eigenvalue weighted by molar-refractivity contribution is 0.0606. The van der Waals surface area contributed by atoms with Crippen molar-refractivity contribution in [3.8, 4) is 28.5 Å². The molecule has 4 heterocycles. The quantitative estimate of drug-likeness (QED) is 0.251. The fourth-order valence-corrected chi connectivity index (χ4v) is 7.39. The number of ether oxygens (including phenoxy) is 1. The van der Waals surface area contributed by atoms with Crippen LogP contribution in [0.4, 0.5) is 8.78 Å². The number of rotatable bonds is 8. The second-order valence-corrected chi connectivity index (χ2v) is 15.1. The van der Waals surface area contributed by atoms with Crippen LogP contribution in [-0.2, 0) is 29.2 Å². The van der Waals surface area contributed by atoms with Crippen molar-refractivity contribution in [1.29, 1.82) is 0 Å². The van der Waals surface area contributed by atoms with Crippen LogP contribution >= 0.6 is 0 Å². The minimum atomic E-state index is -3.31. The summed E-state index contributed by atoms with van der Waals surface area (Å²) < 4.78 is 62.8. The van der Waals surface area contributed by atoms with E-state index in [2.05, 4.69) is 4.57 Å². The molecule has 1 saturated carbocycles. The van der Waals surface area contributed by atoms with Crippen LogP contribution in [-0.4, -0.2) is 77.0 Å². The standard InChI is InChI=1S/C34H36F2N6O4S/c1-40-31-28(11-22(13-30(31)46-2)34(43)41-16-23(35)14-24(37)17-41)39-33(40)29-12-21-7-9-27(38-32(21)42(29)15-19-4-5-19)25-8-6-20(10-26(25)36)18-47(3,44)45/h6-13,19,23-24H,4-5,14-18,37H2,1-3H3/t23-,24-/m1/s1. The number of halogens is 2. The Bertz CT molecular complexity index is 2150. The highest BCUT2D eigenvalue weighted by Gasteiger charge is 2.31. The summed E-state index contributed by atoms with van der Waals surface area (Å²) >= 11 is 0. The number of carbonyl (C=O) groups excluding carboxylic acids is 1. The first-order valence-corrected chi connectivity index (χ1v) is 17.6. The fraction of sp³-hybridized carbons (Fsp3) is 0.382. The number of fused-ring (bicyclic) bond motifs is 2. The van der Waals surface area contributed by atoms with Crippen LogP contribution in [0.3, 0.4) is 0 Å². The summed E-state index contributed by atoms with van der Waals surface area (Å²) in [6.45, 7) is 0.970. The predicted molar refractivity (Wildman–Crippen MR) is 176 cm³/mol. The number of amides is 1. The minimum Gasteiger partial charge on any atom is -0.494 e. The number of piperidine rings is 1. The molecule has 2 aromatic carbocycles. The van der Waals surface area contributed by atoms with Gasteiger partial charge in [0.05, 0.1) is 36.3 Å². The Morgan fingerprint density at radius 2 is 1.87 bits per heavy atom. The van der Waals surface area contributed by atoms with E-state index >= 15 is 4.39 Å². The molecule has 2 fully saturated rings. The molecule has 2 atom stereocenters. The Morgan fingerprint density at radius 1 is 1.09 bits per heavy atom. The number of aryl methyl sites for hydroxylation is 1. The van der Waals surface area contributed by atoms with Crippen LogP contribution in [0, 0.1) is 11.7 Å². The molecule has 7 rings (SSSR count). The summed E-state index contributed by atoms with van der Waals surface area (Å²) in [5, 5.41) is 0.857. The number of hydrogen-bond donors (Lipinski definition) is 1. The zero-order chi connectivity index (χ0) is 33.2. The van der Waals surface area contributed by atoms with Crippen LogP contribution in [0.1, 0.15) is 35.2 Å². The average molecular weight is 663 g/mol. The number of aromatic nitrogens is 4. The van der Waals surface area contributed by atoms with Gasteiger partial charge in [0.2, 0.25) is 0 Å². The van der Waals surface area contributed by atoms with Gasteiger partial charge >= 0.3 is 0 Å². The van der Waals surface area contributed by atoms with Crippen molar-refractivity contribution in [3.05, 3.63) is 65.5 Å². The number of pyridine rings is 1. The molecule has 0 bridgehead atoms. The number of hydrogen-bond acceptors (Lipinski definition) is 7. The highest BCUT2D eigenvalue weighted by molar-refractivity contribution is 7.89. The number of alkyl halides is 1. The maximum absolute atomic E-state index is 15.3. The zero-order valence-corrected chi connectivity index (χ0v) is 27.2. The van der Waals surface area contributed by atoms with Gasteiger partial charge in [0.15, 0.2) is 15.7 Å². The molecule has 1 amide bonds. The molecule has 1 aliphatic heterocycles. The Labute approximate surface area is 271 Å². The molecule has 2 N–H and O–H groups in total. The number of methoxy groups -OCH3 is 1. The molecule has 0 radical (unpaired) electrons. The molecule has 0 unspecified atom stereocenters. The van der Waals surface area contributed by atoms with Crippen molar-refractivity contribution in [3.63, 3.8) is 0 Å². The summed E-state index contributed by atoms with van der Waals surface area (Å²) in [5.41, 5.74) is 10.2. The van der Waals surface area contributed by atoms with Gasteiger partial charge in [-0.3, -0.25) is 4.79 Å². The van der Waals surface area contributed by atoms with E-state index in [9.17, 15) is 17.6 Å². The SMILES string of the molecule is COc1cc(C(=O)N2C[C@H](N)C[C@@H](F)C2)cc2nc(-c3cc4ccc(-c5ccc(CS(C)(=O)=O)cc5F)nc4n3CC3CC3)n(C)c12. The molecule has 3 aromatic heterocycles. The first kappa shape index (κ1) is 31.3. The number of nitrogens with two attached hydrogens (primary N) is 1. The Hall–Kier alpha value is -4.36. The fourth-order valence-electron chi connectivity index (χ4n) is 6.61. The van der Waals surface area contributed by atoms with E-state index in [1.165, 1.54) is 18.1 Å². The number of likely N-dealkylation sites (tertiary alicyclic amines) is 1. The van der Waals surface area contributed by atoms with Crippen LogP contribution in [0.15, 0.2) is 48.5 Å². The van der Waals surface area contributed by atoms with E-state index in [0.717, 1.165) is 30.2 Å². The molecule has 47 heavy (non-hydrogen) atoms. The monoisotopic (exact) mass is 662 g/mol. The molecule has 10 nitrogen and oxygen atoms in total. The lowest BCUT2D eigenvalue weighted by Gasteiger charge is -2.33. The molecule has 1 aliphatic carbocycles. The summed E-state index contributed by atoms with van der Waals surface area (Å²) in [4.78, 5) is 24.8. The van der Waals surface area contributed by atoms with E-state index in [1.54, 1.807) is 30.3 Å². The van der Waals surface area contributed by atoms with Crippen molar-refractivity contribution >= 4 is 37.8 Å². The Balaban J connectivity index is 1.31. The number of nitrogens with zero attached hydrogens (tertiary/aromatic N) is 5. The van der Waals surface area contributed by atoms with Gasteiger partial charge in [0.1, 0.15) is 28.9 Å². The molecule has 0 spiro atoms. The molecule has 1 saturated heterocycles. The highest BCUT2D eigenvalue weighted by atomic mass is 32.2. The van der Waals surface area contributed by atoms with Gasteiger partial charge in [-0.2, -0.15) is 0 Å². The minimum absolute atomic E-state index is 0.00862. The maximum atomic E-state index is 15.3. The Morgan fingerprint density at radius 3 is 2.55 bits per heavy atom. The van der Waals surface area contributed by atoms with Gasteiger partial charge in [-0.25, -0.2) is 27.2 Å². The zero-order valence-electron chi connectivity index (χ0n) is 26.4. The van der Waals surface area contributed by atoms with Crippen molar-refractivity contribution in [2.45, 2.75) is 43.8 Å². The summed E-state index contributed by atoms with van der Waals surface area (Å²) in [6, 6.07) is 13.0. The van der Waals surface area contributed by atoms with Gasteiger partial charge in [-0.1, -0.05) is 6.07 Å². The van der Waals surface area contributed by atoms with Crippen LogP contribution < -0.4 is 10.5 Å². The maximum Gasteiger partial charge on any atom is 0.254 e. The topological polar surface area (TPSA) is 125 Å². The molecule has 5 aromatic rings. The van der Waals surface area contributed by atoms with Crippen LogP contribution in [0.5, 0.6) is 5.75 Å². The van der Waals surface area contributed by atoms with Crippen LogP contribution in [0.25, 0.3) is 44.8 Å². The van der Waals surface area contributed by atoms with E-state index in [1.807, 2.05) is 23.7 Å². The highest BCUT2D eigenvalue weighted by Crippen LogP contribution is 2.38. The van der Waals surface area contributed by atoms with Crippen molar-refractivity contribution in [2.24, 2.45) is 18.7 Å². The Kier molecular flexibility index (Phi) is 7.79. The second-order valence-electron chi connectivity index (χ2n) is 12.9. The normalized spacial score (nSPS) is 18.7. The number of benzene rings is 2. The smallest absolute Gasteiger partial charge is 0.254 e. The molecular weight excluding hydrogens is 626 g/mol. The van der Waals surface area contributed by atoms with Gasteiger partial charge in [-0.05, 0) is 73.2 Å². The van der Waals surface area contributed by atoms with Crippen molar-refractivity contribution in [1.82, 2.24) is 24.0 Å². The first-order valence-electron chi connectivity index (χ1n) is 15.6. The average Bonchev–Trinajstić information content (AvgIpc) is 3.68. The third kappa shape index (κ3) is 6.09. The molecule has 13 heteroatoms. The predicted octanol–water partition coefficient (Wildman–Crippen LogP) is 4.87. The van der Waals surface area contributed by atoms with Gasteiger partial charge in [-0.15, -0.1) is 0 Å². The molecular formula is C34H36F2N6O4S. The lowest BCUT2D eigenvalue weighted by Crippen LogP contribution is -2.50. The third-order valence-electron chi connectivity index (χ3n) is 8.97. The summed E-state index contributed by atoms with van der Waals surface area (Å²) in [6.07, 6.45) is 2.36. The van der Waals surface area contributed by atoms with E-state index in [4.69, 9.17) is 20.4 Å². The number of carbonyl (C=O) groups is 1. The molecule has 246 valence electrons. The number of imidazole rings is 1. The van der Waals surface area contributed by atoms with Crippen molar-refractivity contribution < 1.29 is 26.7 Å². The summed E-state index contributed by atoms with van der Waals surface area (Å²) in [5.74, 6) is 0.470. The largest absolute Gasteiger partial charge is 0.494 e. The first-order chi connectivity index (χ1) is 22.4. The van der Waals surface area contributed by atoms with E-state index < -0.39 is 27.9 Å². The van der Waals surface area contributed by atoms with E-state index in [-0.39, 0.29) is 36.7 Å². The number of sulfone groups is 1. The van der Waals surface area contributed by atoms with Gasteiger partial charge in [0.25, 0.3) is 5.91 Å².